The van der Waals surface area contributed by atoms with Crippen molar-refractivity contribution in [1.29, 1.82) is 0 Å². The SMILES string of the molecule is Cc1ccc(NC(=O)NC2CCC(C(=O)O)CC2)nc1. The van der Waals surface area contributed by atoms with E-state index in [0.29, 0.717) is 31.5 Å². The summed E-state index contributed by atoms with van der Waals surface area (Å²) in [5.74, 6) is -0.501. The molecular formula is C14H19N3O3. The summed E-state index contributed by atoms with van der Waals surface area (Å²) in [6.07, 6.45) is 4.32. The number of pyridine rings is 1. The number of hydrogen-bond acceptors (Lipinski definition) is 3. The van der Waals surface area contributed by atoms with Gasteiger partial charge in [-0.25, -0.2) is 9.78 Å². The van der Waals surface area contributed by atoms with Crippen LogP contribution in [0, 0.1) is 12.8 Å². The Morgan fingerprint density at radius 3 is 2.50 bits per heavy atom. The van der Waals surface area contributed by atoms with Crippen LogP contribution < -0.4 is 10.6 Å². The van der Waals surface area contributed by atoms with Gasteiger partial charge in [-0.1, -0.05) is 6.07 Å². The lowest BCUT2D eigenvalue weighted by molar-refractivity contribution is -0.142. The van der Waals surface area contributed by atoms with E-state index in [9.17, 15) is 9.59 Å². The second kappa shape index (κ2) is 6.36. The van der Waals surface area contributed by atoms with E-state index in [4.69, 9.17) is 5.11 Å². The first-order valence-corrected chi connectivity index (χ1v) is 6.77. The van der Waals surface area contributed by atoms with E-state index in [0.717, 1.165) is 5.56 Å². The normalized spacial score (nSPS) is 22.1. The molecule has 6 nitrogen and oxygen atoms in total. The molecule has 1 aliphatic rings. The van der Waals surface area contributed by atoms with Crippen LogP contribution in [0.5, 0.6) is 0 Å². The number of aliphatic carboxylic acids is 1. The van der Waals surface area contributed by atoms with E-state index < -0.39 is 5.97 Å². The molecule has 108 valence electrons. The van der Waals surface area contributed by atoms with Crippen LogP contribution in [0.25, 0.3) is 0 Å². The first-order valence-electron chi connectivity index (χ1n) is 6.77. The van der Waals surface area contributed by atoms with E-state index >= 15 is 0 Å². The van der Waals surface area contributed by atoms with Gasteiger partial charge in [0.15, 0.2) is 0 Å². The van der Waals surface area contributed by atoms with Gasteiger partial charge < -0.3 is 10.4 Å². The minimum atomic E-state index is -0.739. The van der Waals surface area contributed by atoms with Gasteiger partial charge in [0.25, 0.3) is 0 Å². The lowest BCUT2D eigenvalue weighted by Gasteiger charge is -2.26. The summed E-state index contributed by atoms with van der Waals surface area (Å²) < 4.78 is 0. The third-order valence-electron chi connectivity index (χ3n) is 3.56. The zero-order valence-corrected chi connectivity index (χ0v) is 11.4. The topological polar surface area (TPSA) is 91.3 Å². The molecule has 2 amide bonds. The van der Waals surface area contributed by atoms with Crippen LogP contribution in [0.3, 0.4) is 0 Å². The predicted octanol–water partition coefficient (Wildman–Crippen LogP) is 2.15. The number of urea groups is 1. The fraction of sp³-hybridized carbons (Fsp3) is 0.500. The number of aromatic nitrogens is 1. The maximum absolute atomic E-state index is 11.8. The molecule has 0 saturated heterocycles. The maximum atomic E-state index is 11.8. The lowest BCUT2D eigenvalue weighted by atomic mass is 9.86. The molecule has 0 aromatic carbocycles. The zero-order chi connectivity index (χ0) is 14.5. The van der Waals surface area contributed by atoms with Gasteiger partial charge in [0, 0.05) is 12.2 Å². The summed E-state index contributed by atoms with van der Waals surface area (Å²) in [6.45, 7) is 1.93. The number of hydrogen-bond donors (Lipinski definition) is 3. The van der Waals surface area contributed by atoms with Crippen LogP contribution in [0.15, 0.2) is 18.3 Å². The third-order valence-corrected chi connectivity index (χ3v) is 3.56. The summed E-state index contributed by atoms with van der Waals surface area (Å²) in [5.41, 5.74) is 1.03. The molecule has 1 aromatic heterocycles. The Morgan fingerprint density at radius 1 is 1.25 bits per heavy atom. The molecule has 0 aliphatic heterocycles. The number of aryl methyl sites for hydroxylation is 1. The quantitative estimate of drug-likeness (QED) is 0.789. The number of rotatable bonds is 3. The number of anilines is 1. The minimum Gasteiger partial charge on any atom is -0.481 e. The van der Waals surface area contributed by atoms with E-state index in [2.05, 4.69) is 15.6 Å². The van der Waals surface area contributed by atoms with E-state index in [1.807, 2.05) is 13.0 Å². The Labute approximate surface area is 117 Å². The van der Waals surface area contributed by atoms with Gasteiger partial charge in [-0.05, 0) is 44.2 Å². The number of nitrogens with zero attached hydrogens (tertiary/aromatic N) is 1. The van der Waals surface area contributed by atoms with Gasteiger partial charge in [0.1, 0.15) is 5.82 Å². The van der Waals surface area contributed by atoms with Crippen molar-refractivity contribution in [2.75, 3.05) is 5.32 Å². The van der Waals surface area contributed by atoms with Gasteiger partial charge in [-0.15, -0.1) is 0 Å². The van der Waals surface area contributed by atoms with Crippen molar-refractivity contribution in [1.82, 2.24) is 10.3 Å². The van der Waals surface area contributed by atoms with Crippen LogP contribution in [0.4, 0.5) is 10.6 Å². The van der Waals surface area contributed by atoms with Gasteiger partial charge in [0.2, 0.25) is 0 Å². The average molecular weight is 277 g/mol. The monoisotopic (exact) mass is 277 g/mol. The summed E-state index contributed by atoms with van der Waals surface area (Å²) in [5, 5.41) is 14.4. The summed E-state index contributed by atoms with van der Waals surface area (Å²) in [4.78, 5) is 26.7. The van der Waals surface area contributed by atoms with E-state index in [1.165, 1.54) is 0 Å². The molecule has 1 fully saturated rings. The zero-order valence-electron chi connectivity index (χ0n) is 11.4. The molecule has 1 aliphatic carbocycles. The first-order chi connectivity index (χ1) is 9.54. The van der Waals surface area contributed by atoms with Crippen LogP contribution in [-0.4, -0.2) is 28.1 Å². The molecule has 1 saturated carbocycles. The Morgan fingerprint density at radius 2 is 1.95 bits per heavy atom. The highest BCUT2D eigenvalue weighted by atomic mass is 16.4. The van der Waals surface area contributed by atoms with Crippen LogP contribution in [0.2, 0.25) is 0 Å². The van der Waals surface area contributed by atoms with Crippen molar-refractivity contribution in [2.24, 2.45) is 5.92 Å². The number of carboxylic acid groups (broad SMARTS) is 1. The highest BCUT2D eigenvalue weighted by molar-refractivity contribution is 5.88. The van der Waals surface area contributed by atoms with Crippen molar-refractivity contribution < 1.29 is 14.7 Å². The van der Waals surface area contributed by atoms with Crippen LogP contribution in [0.1, 0.15) is 31.2 Å². The lowest BCUT2D eigenvalue weighted by Crippen LogP contribution is -2.41. The second-order valence-electron chi connectivity index (χ2n) is 5.21. The highest BCUT2D eigenvalue weighted by Gasteiger charge is 2.26. The molecule has 1 aromatic rings. The Hall–Kier alpha value is -2.11. The van der Waals surface area contributed by atoms with Crippen molar-refractivity contribution >= 4 is 17.8 Å². The van der Waals surface area contributed by atoms with Crippen molar-refractivity contribution in [2.45, 2.75) is 38.6 Å². The summed E-state index contributed by atoms with van der Waals surface area (Å²) in [6, 6.07) is 3.37. The molecule has 1 heterocycles. The second-order valence-corrected chi connectivity index (χ2v) is 5.21. The number of carbonyl (C=O) groups excluding carboxylic acids is 1. The van der Waals surface area contributed by atoms with E-state index in [1.54, 1.807) is 12.3 Å². The molecule has 2 rings (SSSR count). The number of carbonyl (C=O) groups is 2. The van der Waals surface area contributed by atoms with Crippen molar-refractivity contribution in [3.8, 4) is 0 Å². The fourth-order valence-electron chi connectivity index (χ4n) is 2.36. The summed E-state index contributed by atoms with van der Waals surface area (Å²) in [7, 11) is 0. The number of nitrogens with one attached hydrogen (secondary N) is 2. The molecule has 0 radical (unpaired) electrons. The molecule has 0 unspecified atom stereocenters. The highest BCUT2D eigenvalue weighted by Crippen LogP contribution is 2.24. The standard InChI is InChI=1S/C14H19N3O3/c1-9-2-7-12(15-8-9)17-14(20)16-11-5-3-10(4-6-11)13(18)19/h2,7-8,10-11H,3-6H2,1H3,(H,18,19)(H2,15,16,17,20). The number of carboxylic acids is 1. The molecule has 0 bridgehead atoms. The van der Waals surface area contributed by atoms with Crippen molar-refractivity contribution in [3.05, 3.63) is 23.9 Å². The minimum absolute atomic E-state index is 0.0380. The summed E-state index contributed by atoms with van der Waals surface area (Å²) >= 11 is 0. The van der Waals surface area contributed by atoms with Gasteiger partial charge in [0.05, 0.1) is 5.92 Å². The first kappa shape index (κ1) is 14.3. The molecule has 3 N–H and O–H groups in total. The Kier molecular flexibility index (Phi) is 4.55. The molecule has 0 atom stereocenters. The van der Waals surface area contributed by atoms with Crippen LogP contribution in [-0.2, 0) is 4.79 Å². The van der Waals surface area contributed by atoms with Gasteiger partial charge in [-0.3, -0.25) is 10.1 Å². The van der Waals surface area contributed by atoms with E-state index in [-0.39, 0.29) is 18.0 Å². The third kappa shape index (κ3) is 3.94. The predicted molar refractivity (Wildman–Crippen MR) is 74.5 cm³/mol. The maximum Gasteiger partial charge on any atom is 0.320 e. The molecule has 0 spiro atoms. The van der Waals surface area contributed by atoms with Gasteiger partial charge in [-0.2, -0.15) is 0 Å². The molecule has 20 heavy (non-hydrogen) atoms. The Balaban J connectivity index is 1.78. The fourth-order valence-corrected chi connectivity index (χ4v) is 2.36. The van der Waals surface area contributed by atoms with Crippen LogP contribution >= 0.6 is 0 Å². The van der Waals surface area contributed by atoms with Crippen molar-refractivity contribution in [3.63, 3.8) is 0 Å². The molecule has 6 heteroatoms. The van der Waals surface area contributed by atoms with Gasteiger partial charge >= 0.3 is 12.0 Å². The number of amides is 2. The Bertz CT molecular complexity index is 479. The smallest absolute Gasteiger partial charge is 0.320 e. The molecular weight excluding hydrogens is 258 g/mol. The average Bonchev–Trinajstić information content (AvgIpc) is 2.42. The largest absolute Gasteiger partial charge is 0.481 e.